The summed E-state index contributed by atoms with van der Waals surface area (Å²) in [7, 11) is 0. The molecule has 0 aliphatic carbocycles. The normalized spacial score (nSPS) is 17.8. The van der Waals surface area contributed by atoms with E-state index in [9.17, 15) is 15.0 Å². The van der Waals surface area contributed by atoms with Crippen LogP contribution in [0.2, 0.25) is 0 Å². The van der Waals surface area contributed by atoms with Gasteiger partial charge in [-0.3, -0.25) is 0 Å². The minimum Gasteiger partial charge on any atom is -0.479 e. The van der Waals surface area contributed by atoms with Gasteiger partial charge in [0.05, 0.1) is 6.10 Å². The number of rotatable bonds is 6. The Labute approximate surface area is 78.2 Å². The molecule has 0 rings (SSSR count). The van der Waals surface area contributed by atoms with E-state index in [1.165, 1.54) is 0 Å². The monoisotopic (exact) mass is 190 g/mol. The summed E-state index contributed by atoms with van der Waals surface area (Å²) in [5.41, 5.74) is -1.97. The van der Waals surface area contributed by atoms with Gasteiger partial charge in [0.25, 0.3) is 0 Å². The molecule has 3 N–H and O–H groups in total. The molecule has 0 fully saturated rings. The molecule has 13 heavy (non-hydrogen) atoms. The zero-order valence-electron chi connectivity index (χ0n) is 8.16. The molecule has 0 aliphatic rings. The number of aliphatic hydroxyl groups excluding tert-OH is 1. The van der Waals surface area contributed by atoms with Crippen LogP contribution < -0.4 is 0 Å². The highest BCUT2D eigenvalue weighted by Gasteiger charge is 2.41. The lowest BCUT2D eigenvalue weighted by Crippen LogP contribution is -2.49. The summed E-state index contributed by atoms with van der Waals surface area (Å²) in [5, 5.41) is 27.7. The molecule has 0 aromatic heterocycles. The molecule has 0 aliphatic heterocycles. The van der Waals surface area contributed by atoms with Crippen LogP contribution in [0.5, 0.6) is 0 Å². The van der Waals surface area contributed by atoms with Crippen LogP contribution in [0.1, 0.15) is 39.5 Å². The average Bonchev–Trinajstić information content (AvgIpc) is 2.12. The third kappa shape index (κ3) is 2.97. The summed E-state index contributed by atoms with van der Waals surface area (Å²) in [6, 6.07) is 0. The van der Waals surface area contributed by atoms with E-state index in [1.54, 1.807) is 6.92 Å². The maximum atomic E-state index is 10.7. The number of carboxylic acids is 1. The van der Waals surface area contributed by atoms with Crippen molar-refractivity contribution >= 4 is 5.97 Å². The van der Waals surface area contributed by atoms with Crippen LogP contribution in [0.25, 0.3) is 0 Å². The smallest absolute Gasteiger partial charge is 0.338 e. The van der Waals surface area contributed by atoms with E-state index >= 15 is 0 Å². The molecule has 0 aromatic carbocycles. The lowest BCUT2D eigenvalue weighted by molar-refractivity contribution is -0.173. The number of carbonyl (C=O) groups is 1. The minimum atomic E-state index is -1.97. The number of aliphatic carboxylic acids is 1. The molecular weight excluding hydrogens is 172 g/mol. The van der Waals surface area contributed by atoms with Crippen LogP contribution >= 0.6 is 0 Å². The molecule has 0 aromatic rings. The summed E-state index contributed by atoms with van der Waals surface area (Å²) in [6.07, 6.45) is 0.559. The fraction of sp³-hybridized carbons (Fsp3) is 0.889. The first kappa shape index (κ1) is 12.4. The van der Waals surface area contributed by atoms with Gasteiger partial charge in [-0.1, -0.05) is 26.7 Å². The van der Waals surface area contributed by atoms with Crippen molar-refractivity contribution in [2.75, 3.05) is 0 Å². The second kappa shape index (κ2) is 5.19. The Morgan fingerprint density at radius 3 is 2.31 bits per heavy atom. The van der Waals surface area contributed by atoms with Crippen LogP contribution in [0, 0.1) is 0 Å². The largest absolute Gasteiger partial charge is 0.479 e. The highest BCUT2D eigenvalue weighted by atomic mass is 16.4. The highest BCUT2D eigenvalue weighted by molar-refractivity contribution is 5.77. The van der Waals surface area contributed by atoms with Crippen molar-refractivity contribution in [3.8, 4) is 0 Å². The molecule has 0 heterocycles. The molecule has 4 nitrogen and oxygen atoms in total. The van der Waals surface area contributed by atoms with Crippen LogP contribution in [-0.2, 0) is 4.79 Å². The number of carboxylic acid groups (broad SMARTS) is 1. The number of aliphatic hydroxyl groups is 2. The van der Waals surface area contributed by atoms with Gasteiger partial charge >= 0.3 is 5.97 Å². The molecule has 4 heteroatoms. The zero-order chi connectivity index (χ0) is 10.5. The predicted octanol–water partition coefficient (Wildman–Crippen LogP) is 0.763. The number of unbranched alkanes of at least 4 members (excludes halogenated alkanes) is 1. The van der Waals surface area contributed by atoms with Gasteiger partial charge in [-0.05, 0) is 12.8 Å². The molecule has 0 bridgehead atoms. The van der Waals surface area contributed by atoms with Gasteiger partial charge in [0.15, 0.2) is 5.60 Å². The van der Waals surface area contributed by atoms with Crippen LogP contribution in [-0.4, -0.2) is 33.0 Å². The molecule has 78 valence electrons. The molecule has 2 atom stereocenters. The lowest BCUT2D eigenvalue weighted by Gasteiger charge is -2.27. The van der Waals surface area contributed by atoms with Gasteiger partial charge in [0, 0.05) is 0 Å². The van der Waals surface area contributed by atoms with Gasteiger partial charge < -0.3 is 15.3 Å². The topological polar surface area (TPSA) is 77.8 Å². The van der Waals surface area contributed by atoms with E-state index in [4.69, 9.17) is 5.11 Å². The van der Waals surface area contributed by atoms with Gasteiger partial charge in [-0.15, -0.1) is 0 Å². The summed E-state index contributed by atoms with van der Waals surface area (Å²) in [4.78, 5) is 10.7. The first-order valence-corrected chi connectivity index (χ1v) is 4.62. The average molecular weight is 190 g/mol. The second-order valence-electron chi connectivity index (χ2n) is 3.26. The lowest BCUT2D eigenvalue weighted by atomic mass is 9.89. The van der Waals surface area contributed by atoms with E-state index in [0.29, 0.717) is 6.42 Å². The highest BCUT2D eigenvalue weighted by Crippen LogP contribution is 2.21. The Balaban J connectivity index is 4.42. The van der Waals surface area contributed by atoms with E-state index < -0.39 is 17.7 Å². The maximum absolute atomic E-state index is 10.7. The van der Waals surface area contributed by atoms with E-state index in [0.717, 1.165) is 6.42 Å². The molecule has 2 unspecified atom stereocenters. The Hall–Kier alpha value is -0.610. The summed E-state index contributed by atoms with van der Waals surface area (Å²) >= 11 is 0. The van der Waals surface area contributed by atoms with Gasteiger partial charge in [0.1, 0.15) is 0 Å². The Morgan fingerprint density at radius 1 is 1.46 bits per heavy atom. The van der Waals surface area contributed by atoms with Crippen molar-refractivity contribution in [1.29, 1.82) is 0 Å². The zero-order valence-corrected chi connectivity index (χ0v) is 8.16. The number of hydrogen-bond donors (Lipinski definition) is 3. The Bertz CT molecular complexity index is 169. The molecule has 0 saturated heterocycles. The van der Waals surface area contributed by atoms with Crippen molar-refractivity contribution < 1.29 is 20.1 Å². The first-order valence-electron chi connectivity index (χ1n) is 4.62. The van der Waals surface area contributed by atoms with Gasteiger partial charge in [-0.25, -0.2) is 4.79 Å². The summed E-state index contributed by atoms with van der Waals surface area (Å²) in [5.74, 6) is -1.34. The molecule has 0 amide bonds. The number of hydrogen-bond acceptors (Lipinski definition) is 3. The third-order valence-electron chi connectivity index (χ3n) is 2.22. The minimum absolute atomic E-state index is 0.105. The SMILES string of the molecule is CCCCC(O)(C(=O)O)C(O)CC. The van der Waals surface area contributed by atoms with Gasteiger partial charge in [0.2, 0.25) is 0 Å². The maximum Gasteiger partial charge on any atom is 0.338 e. The quantitative estimate of drug-likeness (QED) is 0.578. The van der Waals surface area contributed by atoms with Crippen molar-refractivity contribution in [3.05, 3.63) is 0 Å². The summed E-state index contributed by atoms with van der Waals surface area (Å²) < 4.78 is 0. The van der Waals surface area contributed by atoms with Crippen molar-refractivity contribution in [2.24, 2.45) is 0 Å². The Kier molecular flexibility index (Phi) is 4.95. The standard InChI is InChI=1S/C9H18O4/c1-3-5-6-9(13,8(11)12)7(10)4-2/h7,10,13H,3-6H2,1-2H3,(H,11,12). The van der Waals surface area contributed by atoms with Crippen molar-refractivity contribution in [2.45, 2.75) is 51.2 Å². The van der Waals surface area contributed by atoms with E-state index in [2.05, 4.69) is 0 Å². The van der Waals surface area contributed by atoms with Gasteiger partial charge in [-0.2, -0.15) is 0 Å². The van der Waals surface area contributed by atoms with E-state index in [-0.39, 0.29) is 12.8 Å². The van der Waals surface area contributed by atoms with Crippen molar-refractivity contribution in [3.63, 3.8) is 0 Å². The summed E-state index contributed by atoms with van der Waals surface area (Å²) in [6.45, 7) is 3.55. The Morgan fingerprint density at radius 2 is 2.00 bits per heavy atom. The van der Waals surface area contributed by atoms with Crippen LogP contribution in [0.4, 0.5) is 0 Å². The molecule has 0 radical (unpaired) electrons. The second-order valence-corrected chi connectivity index (χ2v) is 3.26. The van der Waals surface area contributed by atoms with Crippen LogP contribution in [0.3, 0.4) is 0 Å². The van der Waals surface area contributed by atoms with Crippen LogP contribution in [0.15, 0.2) is 0 Å². The van der Waals surface area contributed by atoms with Crippen molar-refractivity contribution in [1.82, 2.24) is 0 Å². The third-order valence-corrected chi connectivity index (χ3v) is 2.22. The molecule has 0 spiro atoms. The molecule has 0 saturated carbocycles. The fourth-order valence-corrected chi connectivity index (χ4v) is 1.20. The molecular formula is C9H18O4. The predicted molar refractivity (Wildman–Crippen MR) is 48.4 cm³/mol. The van der Waals surface area contributed by atoms with E-state index in [1.807, 2.05) is 6.92 Å². The fourth-order valence-electron chi connectivity index (χ4n) is 1.20. The first-order chi connectivity index (χ1) is 5.99.